The molecule has 1 saturated heterocycles. The summed E-state index contributed by atoms with van der Waals surface area (Å²) in [5, 5.41) is 0.981. The molecule has 1 atom stereocenters. The van der Waals surface area contributed by atoms with Crippen molar-refractivity contribution in [2.45, 2.75) is 19.4 Å². The maximum atomic E-state index is 13.5. The number of benzene rings is 1. The van der Waals surface area contributed by atoms with Gasteiger partial charge in [0.05, 0.1) is 0 Å². The monoisotopic (exact) mass is 303 g/mol. The maximum absolute atomic E-state index is 13.5. The molecule has 0 radical (unpaired) electrons. The van der Waals surface area contributed by atoms with Gasteiger partial charge in [0.25, 0.3) is 0 Å². The third-order valence-electron chi connectivity index (χ3n) is 3.22. The van der Waals surface area contributed by atoms with E-state index in [2.05, 4.69) is 20.8 Å². The molecule has 0 aliphatic carbocycles. The second-order valence-corrected chi connectivity index (χ2v) is 5.28. The first-order valence-electron chi connectivity index (χ1n) is 5.91. The van der Waals surface area contributed by atoms with Crippen LogP contribution in [0.1, 0.15) is 18.4 Å². The number of halogens is 3. The van der Waals surface area contributed by atoms with E-state index < -0.39 is 0 Å². The molecule has 1 aromatic rings. The standard InChI is InChI=1S/C13H16BrF2N/c14-7-10-2-1-5-17(8-10)9-11-6-12(15)3-4-13(11)16/h3-4,6,10H,1-2,5,7-9H2. The highest BCUT2D eigenvalue weighted by Crippen LogP contribution is 2.21. The number of piperidine rings is 1. The molecular formula is C13H16BrF2N. The lowest BCUT2D eigenvalue weighted by Gasteiger charge is -2.31. The minimum Gasteiger partial charge on any atom is -0.299 e. The summed E-state index contributed by atoms with van der Waals surface area (Å²) in [6.45, 7) is 2.44. The largest absolute Gasteiger partial charge is 0.299 e. The van der Waals surface area contributed by atoms with Gasteiger partial charge in [0.2, 0.25) is 0 Å². The van der Waals surface area contributed by atoms with Crippen molar-refractivity contribution in [3.63, 3.8) is 0 Å². The third-order valence-corrected chi connectivity index (χ3v) is 4.14. The molecule has 2 rings (SSSR count). The van der Waals surface area contributed by atoms with Crippen LogP contribution in [0.25, 0.3) is 0 Å². The molecule has 1 heterocycles. The normalized spacial score (nSPS) is 21.7. The molecule has 17 heavy (non-hydrogen) atoms. The van der Waals surface area contributed by atoms with Crippen LogP contribution in [0.3, 0.4) is 0 Å². The quantitative estimate of drug-likeness (QED) is 0.772. The van der Waals surface area contributed by atoms with Gasteiger partial charge in [0.15, 0.2) is 0 Å². The minimum absolute atomic E-state index is 0.313. The summed E-state index contributed by atoms with van der Waals surface area (Å²) in [6.07, 6.45) is 2.35. The van der Waals surface area contributed by atoms with Crippen LogP contribution >= 0.6 is 15.9 Å². The van der Waals surface area contributed by atoms with E-state index >= 15 is 0 Å². The number of hydrogen-bond donors (Lipinski definition) is 0. The van der Waals surface area contributed by atoms with Crippen molar-refractivity contribution in [2.75, 3.05) is 18.4 Å². The molecule has 0 amide bonds. The number of nitrogens with zero attached hydrogens (tertiary/aromatic N) is 1. The molecule has 94 valence electrons. The zero-order chi connectivity index (χ0) is 12.3. The SMILES string of the molecule is Fc1ccc(F)c(CN2CCCC(CBr)C2)c1. The maximum Gasteiger partial charge on any atom is 0.127 e. The summed E-state index contributed by atoms with van der Waals surface area (Å²) in [4.78, 5) is 2.20. The van der Waals surface area contributed by atoms with Crippen molar-refractivity contribution in [3.8, 4) is 0 Å². The van der Waals surface area contributed by atoms with E-state index in [0.717, 1.165) is 30.9 Å². The van der Waals surface area contributed by atoms with Crippen molar-refractivity contribution in [1.29, 1.82) is 0 Å². The van der Waals surface area contributed by atoms with Gasteiger partial charge in [0, 0.05) is 24.0 Å². The molecule has 0 spiro atoms. The molecule has 1 aliphatic heterocycles. The van der Waals surface area contributed by atoms with Gasteiger partial charge >= 0.3 is 0 Å². The van der Waals surface area contributed by atoms with Gasteiger partial charge in [-0.15, -0.1) is 0 Å². The lowest BCUT2D eigenvalue weighted by molar-refractivity contribution is 0.177. The molecule has 1 unspecified atom stereocenters. The Morgan fingerprint density at radius 2 is 2.18 bits per heavy atom. The molecule has 1 aliphatic rings. The Labute approximate surface area is 109 Å². The van der Waals surface area contributed by atoms with Crippen LogP contribution in [-0.4, -0.2) is 23.3 Å². The van der Waals surface area contributed by atoms with Crippen LogP contribution in [0, 0.1) is 17.6 Å². The third kappa shape index (κ3) is 3.49. The molecule has 4 heteroatoms. The number of likely N-dealkylation sites (tertiary alicyclic amines) is 1. The second-order valence-electron chi connectivity index (χ2n) is 4.63. The van der Waals surface area contributed by atoms with Gasteiger partial charge in [-0.25, -0.2) is 8.78 Å². The van der Waals surface area contributed by atoms with Crippen molar-refractivity contribution in [1.82, 2.24) is 4.90 Å². The minimum atomic E-state index is -0.365. The molecule has 0 aromatic heterocycles. The van der Waals surface area contributed by atoms with Crippen molar-refractivity contribution < 1.29 is 8.78 Å². The highest BCUT2D eigenvalue weighted by molar-refractivity contribution is 9.09. The van der Waals surface area contributed by atoms with Crippen LogP contribution in [0.5, 0.6) is 0 Å². The predicted molar refractivity (Wildman–Crippen MR) is 68.2 cm³/mol. The van der Waals surface area contributed by atoms with Crippen LogP contribution in [0.2, 0.25) is 0 Å². The zero-order valence-electron chi connectivity index (χ0n) is 9.63. The van der Waals surface area contributed by atoms with Gasteiger partial charge in [-0.2, -0.15) is 0 Å². The number of hydrogen-bond acceptors (Lipinski definition) is 1. The fourth-order valence-corrected chi connectivity index (χ4v) is 2.85. The lowest BCUT2D eigenvalue weighted by atomic mass is 9.99. The fraction of sp³-hybridized carbons (Fsp3) is 0.538. The average molecular weight is 304 g/mol. The first-order chi connectivity index (χ1) is 8.19. The predicted octanol–water partition coefficient (Wildman–Crippen LogP) is 3.57. The van der Waals surface area contributed by atoms with Gasteiger partial charge in [-0.1, -0.05) is 15.9 Å². The molecule has 0 saturated carbocycles. The van der Waals surface area contributed by atoms with E-state index in [0.29, 0.717) is 18.0 Å². The highest BCUT2D eigenvalue weighted by Gasteiger charge is 2.19. The topological polar surface area (TPSA) is 3.24 Å². The van der Waals surface area contributed by atoms with Crippen LogP contribution in [0.4, 0.5) is 8.78 Å². The summed E-state index contributed by atoms with van der Waals surface area (Å²) in [6, 6.07) is 3.67. The van der Waals surface area contributed by atoms with Gasteiger partial charge in [0.1, 0.15) is 11.6 Å². The summed E-state index contributed by atoms with van der Waals surface area (Å²) in [5.74, 6) is -0.0526. The molecule has 1 nitrogen and oxygen atoms in total. The van der Waals surface area contributed by atoms with Gasteiger partial charge in [-0.3, -0.25) is 4.90 Å². The van der Waals surface area contributed by atoms with Crippen molar-refractivity contribution in [2.24, 2.45) is 5.92 Å². The zero-order valence-corrected chi connectivity index (χ0v) is 11.2. The Bertz CT molecular complexity index is 384. The molecule has 0 N–H and O–H groups in total. The summed E-state index contributed by atoms with van der Waals surface area (Å²) < 4.78 is 26.6. The number of rotatable bonds is 3. The Kier molecular flexibility index (Phi) is 4.51. The molecular weight excluding hydrogens is 288 g/mol. The van der Waals surface area contributed by atoms with E-state index in [-0.39, 0.29) is 11.6 Å². The number of alkyl halides is 1. The van der Waals surface area contributed by atoms with Gasteiger partial charge in [-0.05, 0) is 43.5 Å². The molecule has 0 bridgehead atoms. The van der Waals surface area contributed by atoms with Crippen LogP contribution in [-0.2, 0) is 6.54 Å². The van der Waals surface area contributed by atoms with E-state index in [9.17, 15) is 8.78 Å². The second kappa shape index (κ2) is 5.91. The Morgan fingerprint density at radius 3 is 2.94 bits per heavy atom. The van der Waals surface area contributed by atoms with E-state index in [1.165, 1.54) is 18.6 Å². The lowest BCUT2D eigenvalue weighted by Crippen LogP contribution is -2.35. The Balaban J connectivity index is 2.02. The molecule has 1 aromatic carbocycles. The van der Waals surface area contributed by atoms with Crippen LogP contribution in [0.15, 0.2) is 18.2 Å². The van der Waals surface area contributed by atoms with Crippen molar-refractivity contribution in [3.05, 3.63) is 35.4 Å². The smallest absolute Gasteiger partial charge is 0.127 e. The van der Waals surface area contributed by atoms with E-state index in [4.69, 9.17) is 0 Å². The Morgan fingerprint density at radius 1 is 1.35 bits per heavy atom. The Hall–Kier alpha value is -0.480. The first-order valence-corrected chi connectivity index (χ1v) is 7.03. The average Bonchev–Trinajstić information content (AvgIpc) is 2.34. The van der Waals surface area contributed by atoms with E-state index in [1.807, 2.05) is 0 Å². The first kappa shape index (κ1) is 13.0. The van der Waals surface area contributed by atoms with E-state index in [1.54, 1.807) is 0 Å². The fourth-order valence-electron chi connectivity index (χ4n) is 2.33. The van der Waals surface area contributed by atoms with Gasteiger partial charge < -0.3 is 0 Å². The van der Waals surface area contributed by atoms with Crippen molar-refractivity contribution >= 4 is 15.9 Å². The summed E-state index contributed by atoms with van der Waals surface area (Å²) in [7, 11) is 0. The van der Waals surface area contributed by atoms with Crippen LogP contribution < -0.4 is 0 Å². The summed E-state index contributed by atoms with van der Waals surface area (Å²) in [5.41, 5.74) is 0.459. The summed E-state index contributed by atoms with van der Waals surface area (Å²) >= 11 is 3.49. The molecule has 1 fully saturated rings. The highest BCUT2D eigenvalue weighted by atomic mass is 79.9.